The van der Waals surface area contributed by atoms with E-state index in [1.807, 2.05) is 0 Å². The van der Waals surface area contributed by atoms with Crippen LogP contribution in [0.15, 0.2) is 24.3 Å². The standard InChI is InChI=1S/C13H15NO3/c1-16-13(15)11-6-5-7-12(10-11)17-9-4-2-3-8-14/h5-7,10H,2-4,9H2,1H3. The fourth-order valence-electron chi connectivity index (χ4n) is 1.33. The van der Waals surface area contributed by atoms with Gasteiger partial charge in [-0.1, -0.05) is 6.07 Å². The van der Waals surface area contributed by atoms with Crippen molar-refractivity contribution >= 4 is 5.97 Å². The Morgan fingerprint density at radius 1 is 1.41 bits per heavy atom. The highest BCUT2D eigenvalue weighted by atomic mass is 16.5. The summed E-state index contributed by atoms with van der Waals surface area (Å²) in [7, 11) is 1.34. The predicted octanol–water partition coefficient (Wildman–Crippen LogP) is 2.55. The molecule has 0 aromatic heterocycles. The Balaban J connectivity index is 2.44. The van der Waals surface area contributed by atoms with E-state index in [0.717, 1.165) is 12.8 Å². The smallest absolute Gasteiger partial charge is 0.337 e. The van der Waals surface area contributed by atoms with Crippen molar-refractivity contribution in [1.29, 1.82) is 5.26 Å². The number of ether oxygens (including phenoxy) is 2. The summed E-state index contributed by atoms with van der Waals surface area (Å²) in [6, 6.07) is 8.94. The van der Waals surface area contributed by atoms with Crippen molar-refractivity contribution in [3.63, 3.8) is 0 Å². The van der Waals surface area contributed by atoms with Crippen LogP contribution in [0.5, 0.6) is 5.75 Å². The molecule has 0 saturated heterocycles. The number of esters is 1. The molecule has 4 heteroatoms. The molecule has 0 bridgehead atoms. The molecule has 0 aliphatic heterocycles. The van der Waals surface area contributed by atoms with E-state index in [9.17, 15) is 4.79 Å². The van der Waals surface area contributed by atoms with Gasteiger partial charge in [-0.3, -0.25) is 0 Å². The number of carbonyl (C=O) groups is 1. The monoisotopic (exact) mass is 233 g/mol. The third-order valence-electron chi connectivity index (χ3n) is 2.21. The van der Waals surface area contributed by atoms with Gasteiger partial charge in [0.2, 0.25) is 0 Å². The van der Waals surface area contributed by atoms with Crippen LogP contribution in [0, 0.1) is 11.3 Å². The molecular formula is C13H15NO3. The van der Waals surface area contributed by atoms with Crippen molar-refractivity contribution in [2.75, 3.05) is 13.7 Å². The first-order valence-corrected chi connectivity index (χ1v) is 5.46. The van der Waals surface area contributed by atoms with E-state index in [2.05, 4.69) is 10.8 Å². The second-order valence-corrected chi connectivity index (χ2v) is 3.48. The summed E-state index contributed by atoms with van der Waals surface area (Å²) < 4.78 is 10.1. The Morgan fingerprint density at radius 2 is 2.24 bits per heavy atom. The largest absolute Gasteiger partial charge is 0.494 e. The van der Waals surface area contributed by atoms with Crippen molar-refractivity contribution in [3.05, 3.63) is 29.8 Å². The Kier molecular flexibility index (Phi) is 5.59. The second kappa shape index (κ2) is 7.29. The minimum absolute atomic E-state index is 0.375. The molecule has 1 rings (SSSR count). The molecule has 0 radical (unpaired) electrons. The summed E-state index contributed by atoms with van der Waals surface area (Å²) in [5, 5.41) is 8.37. The third kappa shape index (κ3) is 4.56. The molecule has 0 aliphatic carbocycles. The molecule has 0 saturated carbocycles. The average Bonchev–Trinajstić information content (AvgIpc) is 2.38. The van der Waals surface area contributed by atoms with Crippen molar-refractivity contribution in [2.45, 2.75) is 19.3 Å². The number of nitriles is 1. The van der Waals surface area contributed by atoms with Gasteiger partial charge in [0.25, 0.3) is 0 Å². The quantitative estimate of drug-likeness (QED) is 0.559. The van der Waals surface area contributed by atoms with Crippen LogP contribution in [-0.4, -0.2) is 19.7 Å². The second-order valence-electron chi connectivity index (χ2n) is 3.48. The van der Waals surface area contributed by atoms with E-state index >= 15 is 0 Å². The normalized spacial score (nSPS) is 9.41. The van der Waals surface area contributed by atoms with Gasteiger partial charge in [-0.05, 0) is 31.0 Å². The lowest BCUT2D eigenvalue weighted by molar-refractivity contribution is 0.0600. The molecular weight excluding hydrogens is 218 g/mol. The molecule has 1 aromatic rings. The van der Waals surface area contributed by atoms with Gasteiger partial charge < -0.3 is 9.47 Å². The highest BCUT2D eigenvalue weighted by Crippen LogP contribution is 2.14. The summed E-state index contributed by atoms with van der Waals surface area (Å²) in [4.78, 5) is 11.3. The van der Waals surface area contributed by atoms with Gasteiger partial charge in [0, 0.05) is 6.42 Å². The molecule has 0 fully saturated rings. The maximum atomic E-state index is 11.3. The molecule has 0 atom stereocenters. The molecule has 17 heavy (non-hydrogen) atoms. The van der Waals surface area contributed by atoms with Gasteiger partial charge in [0.15, 0.2) is 0 Å². The molecule has 90 valence electrons. The molecule has 4 nitrogen and oxygen atoms in total. The highest BCUT2D eigenvalue weighted by molar-refractivity contribution is 5.89. The Bertz CT molecular complexity index is 409. The van der Waals surface area contributed by atoms with Crippen molar-refractivity contribution in [2.24, 2.45) is 0 Å². The van der Waals surface area contributed by atoms with E-state index < -0.39 is 0 Å². The lowest BCUT2D eigenvalue weighted by atomic mass is 10.2. The number of hydrogen-bond acceptors (Lipinski definition) is 4. The Morgan fingerprint density at radius 3 is 2.94 bits per heavy atom. The van der Waals surface area contributed by atoms with Crippen LogP contribution >= 0.6 is 0 Å². The first-order chi connectivity index (χ1) is 8.27. The lowest BCUT2D eigenvalue weighted by Crippen LogP contribution is -2.02. The molecule has 0 N–H and O–H groups in total. The average molecular weight is 233 g/mol. The SMILES string of the molecule is COC(=O)c1cccc(OCCCCC#N)c1. The predicted molar refractivity (Wildman–Crippen MR) is 62.7 cm³/mol. The number of nitrogens with zero attached hydrogens (tertiary/aromatic N) is 1. The molecule has 0 aliphatic rings. The maximum Gasteiger partial charge on any atom is 0.337 e. The first kappa shape index (κ1) is 13.0. The number of rotatable bonds is 6. The zero-order valence-corrected chi connectivity index (χ0v) is 9.81. The van der Waals surface area contributed by atoms with Gasteiger partial charge >= 0.3 is 5.97 Å². The number of hydrogen-bond donors (Lipinski definition) is 0. The zero-order valence-electron chi connectivity index (χ0n) is 9.81. The van der Waals surface area contributed by atoms with Crippen molar-refractivity contribution in [3.8, 4) is 11.8 Å². The van der Waals surface area contributed by atoms with E-state index in [1.165, 1.54) is 7.11 Å². The van der Waals surface area contributed by atoms with E-state index in [1.54, 1.807) is 24.3 Å². The topological polar surface area (TPSA) is 59.3 Å². The van der Waals surface area contributed by atoms with Crippen LogP contribution in [0.2, 0.25) is 0 Å². The van der Waals surface area contributed by atoms with Gasteiger partial charge in [-0.15, -0.1) is 0 Å². The van der Waals surface area contributed by atoms with E-state index in [0.29, 0.717) is 24.3 Å². The number of carbonyl (C=O) groups excluding carboxylic acids is 1. The summed E-state index contributed by atoms with van der Waals surface area (Å²) >= 11 is 0. The van der Waals surface area contributed by atoms with Crippen molar-refractivity contribution in [1.82, 2.24) is 0 Å². The summed E-state index contributed by atoms with van der Waals surface area (Å²) in [5.41, 5.74) is 0.474. The highest BCUT2D eigenvalue weighted by Gasteiger charge is 2.05. The van der Waals surface area contributed by atoms with Crippen LogP contribution in [0.3, 0.4) is 0 Å². The van der Waals surface area contributed by atoms with Gasteiger partial charge in [0.05, 0.1) is 25.3 Å². The fraction of sp³-hybridized carbons (Fsp3) is 0.385. The summed E-state index contributed by atoms with van der Waals surface area (Å²) in [6.07, 6.45) is 2.20. The number of unbranched alkanes of at least 4 members (excludes halogenated alkanes) is 2. The minimum Gasteiger partial charge on any atom is -0.494 e. The molecule has 0 spiro atoms. The fourth-order valence-corrected chi connectivity index (χ4v) is 1.33. The molecule has 0 heterocycles. The molecule has 0 unspecified atom stereocenters. The van der Waals surface area contributed by atoms with Crippen LogP contribution < -0.4 is 4.74 Å². The number of methoxy groups -OCH3 is 1. The van der Waals surface area contributed by atoms with Crippen molar-refractivity contribution < 1.29 is 14.3 Å². The molecule has 1 aromatic carbocycles. The molecule has 0 amide bonds. The lowest BCUT2D eigenvalue weighted by Gasteiger charge is -2.06. The Labute approximate surface area is 101 Å². The van der Waals surface area contributed by atoms with Gasteiger partial charge in [-0.25, -0.2) is 4.79 Å². The summed E-state index contributed by atoms with van der Waals surface area (Å²) in [6.45, 7) is 0.548. The van der Waals surface area contributed by atoms with Crippen LogP contribution in [0.4, 0.5) is 0 Å². The summed E-state index contributed by atoms with van der Waals surface area (Å²) in [5.74, 6) is 0.268. The van der Waals surface area contributed by atoms with Crippen LogP contribution in [0.1, 0.15) is 29.6 Å². The van der Waals surface area contributed by atoms with Gasteiger partial charge in [-0.2, -0.15) is 5.26 Å². The number of benzene rings is 1. The van der Waals surface area contributed by atoms with Crippen LogP contribution in [-0.2, 0) is 4.74 Å². The zero-order chi connectivity index (χ0) is 12.5. The third-order valence-corrected chi connectivity index (χ3v) is 2.21. The Hall–Kier alpha value is -2.02. The van der Waals surface area contributed by atoms with Gasteiger partial charge in [0.1, 0.15) is 5.75 Å². The minimum atomic E-state index is -0.375. The maximum absolute atomic E-state index is 11.3. The van der Waals surface area contributed by atoms with Crippen LogP contribution in [0.25, 0.3) is 0 Å². The first-order valence-electron chi connectivity index (χ1n) is 5.46. The van der Waals surface area contributed by atoms with E-state index in [-0.39, 0.29) is 5.97 Å². The van der Waals surface area contributed by atoms with E-state index in [4.69, 9.17) is 10.00 Å².